The number of hydrogen-bond donors (Lipinski definition) is 0. The second-order valence-corrected chi connectivity index (χ2v) is 4.20. The summed E-state index contributed by atoms with van der Waals surface area (Å²) in [6.07, 6.45) is 0. The van der Waals surface area contributed by atoms with Gasteiger partial charge in [-0.05, 0) is 0 Å². The summed E-state index contributed by atoms with van der Waals surface area (Å²) in [6, 6.07) is 0. The van der Waals surface area contributed by atoms with E-state index in [0.717, 1.165) is 0 Å². The van der Waals surface area contributed by atoms with Crippen molar-refractivity contribution in [1.82, 2.24) is 0 Å². The standard InChI is InChI=1S/C6Cl3F7/c7-1-2(8)4(12,13)6(15,16)5(9,14)3(1,10)11. The van der Waals surface area contributed by atoms with Crippen LogP contribution in [-0.4, -0.2) is 22.9 Å². The van der Waals surface area contributed by atoms with Crippen LogP contribution in [-0.2, 0) is 0 Å². The first-order valence-corrected chi connectivity index (χ1v) is 4.52. The maximum Gasteiger partial charge on any atom is 0.368 e. The first-order chi connectivity index (χ1) is 6.82. The molecule has 0 radical (unpaired) electrons. The van der Waals surface area contributed by atoms with Gasteiger partial charge in [-0.3, -0.25) is 0 Å². The molecule has 10 heteroatoms. The zero-order valence-electron chi connectivity index (χ0n) is 6.78. The number of allylic oxidation sites excluding steroid dienone is 2. The van der Waals surface area contributed by atoms with Crippen LogP contribution in [0, 0.1) is 0 Å². The fourth-order valence-electron chi connectivity index (χ4n) is 0.946. The molecule has 16 heavy (non-hydrogen) atoms. The Hall–Kier alpha value is 0.120. The third-order valence-electron chi connectivity index (χ3n) is 1.93. The molecule has 0 amide bonds. The summed E-state index contributed by atoms with van der Waals surface area (Å²) in [4.78, 5) is 0. The zero-order valence-corrected chi connectivity index (χ0v) is 9.05. The van der Waals surface area contributed by atoms with E-state index in [1.165, 1.54) is 0 Å². The summed E-state index contributed by atoms with van der Waals surface area (Å²) in [7, 11) is 0. The molecule has 0 aromatic rings. The van der Waals surface area contributed by atoms with Crippen molar-refractivity contribution in [2.75, 3.05) is 0 Å². The lowest BCUT2D eigenvalue weighted by atomic mass is 9.93. The highest BCUT2D eigenvalue weighted by Crippen LogP contribution is 2.64. The van der Waals surface area contributed by atoms with Gasteiger partial charge in [0.15, 0.2) is 0 Å². The van der Waals surface area contributed by atoms with Gasteiger partial charge in [0.25, 0.3) is 0 Å². The van der Waals surface area contributed by atoms with Gasteiger partial charge in [0.1, 0.15) is 10.1 Å². The van der Waals surface area contributed by atoms with Crippen LogP contribution in [0.3, 0.4) is 0 Å². The number of hydrogen-bond acceptors (Lipinski definition) is 0. The lowest BCUT2D eigenvalue weighted by Crippen LogP contribution is -2.65. The van der Waals surface area contributed by atoms with Gasteiger partial charge in [-0.2, -0.15) is 26.3 Å². The Kier molecular flexibility index (Phi) is 2.95. The quantitative estimate of drug-likeness (QED) is 0.456. The molecule has 0 bridgehead atoms. The Balaban J connectivity index is 3.64. The van der Waals surface area contributed by atoms with Gasteiger partial charge in [-0.25, -0.2) is 4.39 Å². The minimum absolute atomic E-state index is 2.25. The van der Waals surface area contributed by atoms with E-state index in [9.17, 15) is 30.7 Å². The molecule has 94 valence electrons. The molecule has 1 aliphatic carbocycles. The molecule has 0 aromatic heterocycles. The van der Waals surface area contributed by atoms with Gasteiger partial charge in [-0.15, -0.1) is 0 Å². The van der Waals surface area contributed by atoms with Gasteiger partial charge in [0.05, 0.1) is 0 Å². The second kappa shape index (κ2) is 3.32. The molecular formula is C6Cl3F7. The fourth-order valence-corrected chi connectivity index (χ4v) is 1.69. The van der Waals surface area contributed by atoms with Crippen molar-refractivity contribution in [3.05, 3.63) is 10.1 Å². The maximum absolute atomic E-state index is 13.0. The first-order valence-electron chi connectivity index (χ1n) is 3.39. The van der Waals surface area contributed by atoms with Crippen molar-refractivity contribution < 1.29 is 30.7 Å². The first kappa shape index (κ1) is 14.2. The number of rotatable bonds is 0. The monoisotopic (exact) mass is 310 g/mol. The van der Waals surface area contributed by atoms with Crippen LogP contribution in [0.25, 0.3) is 0 Å². The topological polar surface area (TPSA) is 0 Å². The normalized spacial score (nSPS) is 36.4. The Bertz CT molecular complexity index is 325. The highest BCUT2D eigenvalue weighted by molar-refractivity contribution is 6.41. The van der Waals surface area contributed by atoms with Gasteiger partial charge in [0, 0.05) is 0 Å². The average molecular weight is 311 g/mol. The van der Waals surface area contributed by atoms with Crippen LogP contribution in [0.5, 0.6) is 0 Å². The predicted octanol–water partition coefficient (Wildman–Crippen LogP) is 4.50. The van der Waals surface area contributed by atoms with Crippen LogP contribution >= 0.6 is 34.8 Å². The lowest BCUT2D eigenvalue weighted by Gasteiger charge is -2.42. The molecular weight excluding hydrogens is 311 g/mol. The smallest absolute Gasteiger partial charge is 0.212 e. The van der Waals surface area contributed by atoms with Crippen LogP contribution in [0.1, 0.15) is 0 Å². The van der Waals surface area contributed by atoms with Gasteiger partial charge < -0.3 is 0 Å². The van der Waals surface area contributed by atoms with Gasteiger partial charge in [0.2, 0.25) is 0 Å². The molecule has 1 rings (SSSR count). The molecule has 0 aromatic carbocycles. The van der Waals surface area contributed by atoms with Gasteiger partial charge in [-0.1, -0.05) is 34.8 Å². The number of halogens is 10. The highest BCUT2D eigenvalue weighted by atomic mass is 35.5. The minimum Gasteiger partial charge on any atom is -0.212 e. The Morgan fingerprint density at radius 3 is 1.38 bits per heavy atom. The Morgan fingerprint density at radius 1 is 0.688 bits per heavy atom. The molecule has 0 heterocycles. The van der Waals surface area contributed by atoms with E-state index in [2.05, 4.69) is 34.8 Å². The SMILES string of the molecule is FC1(F)C(Cl)=C(Cl)C(F)(F)C(F)(Cl)C1(F)F. The van der Waals surface area contributed by atoms with E-state index in [4.69, 9.17) is 0 Å². The zero-order chi connectivity index (χ0) is 13.2. The molecule has 0 fully saturated rings. The lowest BCUT2D eigenvalue weighted by molar-refractivity contribution is -0.279. The van der Waals surface area contributed by atoms with Crippen LogP contribution in [0.15, 0.2) is 10.1 Å². The van der Waals surface area contributed by atoms with Crippen molar-refractivity contribution in [3.8, 4) is 0 Å². The molecule has 0 nitrogen and oxygen atoms in total. The molecule has 1 atom stereocenters. The van der Waals surface area contributed by atoms with Crippen LogP contribution in [0.2, 0.25) is 0 Å². The van der Waals surface area contributed by atoms with Crippen molar-refractivity contribution in [2.45, 2.75) is 22.9 Å². The average Bonchev–Trinajstić information content (AvgIpc) is 2.12. The third kappa shape index (κ3) is 1.31. The van der Waals surface area contributed by atoms with Crippen molar-refractivity contribution in [3.63, 3.8) is 0 Å². The molecule has 1 aliphatic rings. The summed E-state index contributed by atoms with van der Waals surface area (Å²) in [5, 5.41) is -9.94. The minimum atomic E-state index is -5.90. The van der Waals surface area contributed by atoms with E-state index < -0.39 is 33.0 Å². The summed E-state index contributed by atoms with van der Waals surface area (Å²) in [6.45, 7) is 0. The Labute approximate surface area is 98.9 Å². The van der Waals surface area contributed by atoms with Gasteiger partial charge >= 0.3 is 22.9 Å². The molecule has 0 spiro atoms. The van der Waals surface area contributed by atoms with E-state index in [-0.39, 0.29) is 0 Å². The fraction of sp³-hybridized carbons (Fsp3) is 0.667. The molecule has 0 aliphatic heterocycles. The molecule has 1 unspecified atom stereocenters. The van der Waals surface area contributed by atoms with Crippen molar-refractivity contribution in [1.29, 1.82) is 0 Å². The van der Waals surface area contributed by atoms with E-state index >= 15 is 0 Å². The van der Waals surface area contributed by atoms with E-state index in [0.29, 0.717) is 0 Å². The summed E-state index contributed by atoms with van der Waals surface area (Å²) >= 11 is 13.4. The second-order valence-electron chi connectivity index (χ2n) is 2.93. The highest BCUT2D eigenvalue weighted by Gasteiger charge is 2.84. The molecule has 0 saturated heterocycles. The Morgan fingerprint density at radius 2 is 1.00 bits per heavy atom. The summed E-state index contributed by atoms with van der Waals surface area (Å²) < 4.78 is 89.8. The van der Waals surface area contributed by atoms with E-state index in [1.807, 2.05) is 0 Å². The van der Waals surface area contributed by atoms with Crippen molar-refractivity contribution in [2.24, 2.45) is 0 Å². The number of alkyl halides is 8. The van der Waals surface area contributed by atoms with Crippen LogP contribution in [0.4, 0.5) is 30.7 Å². The molecule has 0 N–H and O–H groups in total. The third-order valence-corrected chi connectivity index (χ3v) is 3.35. The molecule has 0 saturated carbocycles. The maximum atomic E-state index is 13.0. The van der Waals surface area contributed by atoms with Crippen molar-refractivity contribution >= 4 is 34.8 Å². The van der Waals surface area contributed by atoms with E-state index in [1.54, 1.807) is 0 Å². The van der Waals surface area contributed by atoms with Crippen LogP contribution < -0.4 is 0 Å². The summed E-state index contributed by atoms with van der Waals surface area (Å²) in [5.74, 6) is -16.5. The predicted molar refractivity (Wildman–Crippen MR) is 43.3 cm³/mol. The summed E-state index contributed by atoms with van der Waals surface area (Å²) in [5.41, 5.74) is 0. The largest absolute Gasteiger partial charge is 0.368 e.